The van der Waals surface area contributed by atoms with Gasteiger partial charge in [0.1, 0.15) is 5.60 Å². The molecule has 0 radical (unpaired) electrons. The molecule has 2 rings (SSSR count). The zero-order valence-electron chi connectivity index (χ0n) is 16.4. The van der Waals surface area contributed by atoms with Crippen LogP contribution in [0.1, 0.15) is 31.9 Å². The normalized spacial score (nSPS) is 13.4. The Labute approximate surface area is 162 Å². The Morgan fingerprint density at radius 2 is 1.59 bits per heavy atom. The van der Waals surface area contributed by atoms with Gasteiger partial charge in [0.15, 0.2) is 0 Å². The molecule has 0 heterocycles. The Morgan fingerprint density at radius 3 is 2.11 bits per heavy atom. The van der Waals surface area contributed by atoms with Crippen molar-refractivity contribution in [3.05, 3.63) is 84.4 Å². The number of carbonyl (C=O) groups excluding carboxylic acids is 1. The summed E-state index contributed by atoms with van der Waals surface area (Å²) in [5, 5.41) is 2.95. The average Bonchev–Trinajstić information content (AvgIpc) is 2.62. The predicted octanol–water partition coefficient (Wildman–Crippen LogP) is 4.89. The predicted molar refractivity (Wildman–Crippen MR) is 109 cm³/mol. The Kier molecular flexibility index (Phi) is 7.62. The Hall–Kier alpha value is -2.59. The molecule has 0 bridgehead atoms. The van der Waals surface area contributed by atoms with Crippen LogP contribution >= 0.6 is 0 Å². The third-order valence-electron chi connectivity index (χ3n) is 3.91. The number of hydrogen-bond donors (Lipinski definition) is 1. The van der Waals surface area contributed by atoms with E-state index in [1.807, 2.05) is 81.4 Å². The second-order valence-corrected chi connectivity index (χ2v) is 7.44. The van der Waals surface area contributed by atoms with Gasteiger partial charge in [-0.1, -0.05) is 66.7 Å². The Morgan fingerprint density at radius 1 is 1.04 bits per heavy atom. The van der Waals surface area contributed by atoms with Crippen molar-refractivity contribution in [3.8, 4) is 0 Å². The summed E-state index contributed by atoms with van der Waals surface area (Å²) in [6.07, 6.45) is 1.54. The first kappa shape index (κ1) is 20.7. The van der Waals surface area contributed by atoms with Crippen LogP contribution in [0, 0.1) is 0 Å². The number of hydrogen-bond acceptors (Lipinski definition) is 3. The molecule has 0 saturated carbocycles. The van der Waals surface area contributed by atoms with Crippen LogP contribution in [0.5, 0.6) is 0 Å². The lowest BCUT2D eigenvalue weighted by atomic mass is 10.0. The number of rotatable bonds is 8. The van der Waals surface area contributed by atoms with Gasteiger partial charge in [0.05, 0.1) is 18.8 Å². The first-order valence-electron chi connectivity index (χ1n) is 9.19. The van der Waals surface area contributed by atoms with Crippen molar-refractivity contribution in [2.75, 3.05) is 0 Å². The third-order valence-corrected chi connectivity index (χ3v) is 3.91. The van der Waals surface area contributed by atoms with Gasteiger partial charge in [0.2, 0.25) is 0 Å². The van der Waals surface area contributed by atoms with Crippen molar-refractivity contribution < 1.29 is 14.3 Å². The minimum absolute atomic E-state index is 0.288. The molecule has 2 aromatic rings. The second-order valence-electron chi connectivity index (χ2n) is 7.44. The fourth-order valence-corrected chi connectivity index (χ4v) is 2.69. The SMILES string of the molecule is C=C[C@H](OCc1ccccc1)[C@H](Cc1ccccc1)NC(=O)OC(C)(C)C. The molecule has 144 valence electrons. The molecule has 0 aliphatic heterocycles. The molecule has 0 aliphatic carbocycles. The molecule has 0 spiro atoms. The lowest BCUT2D eigenvalue weighted by Crippen LogP contribution is -2.47. The van der Waals surface area contributed by atoms with E-state index in [1.165, 1.54) is 0 Å². The van der Waals surface area contributed by atoms with Crippen molar-refractivity contribution in [1.29, 1.82) is 0 Å². The maximum absolute atomic E-state index is 12.3. The molecular weight excluding hydrogens is 338 g/mol. The molecule has 0 aromatic heterocycles. The molecule has 2 aromatic carbocycles. The quantitative estimate of drug-likeness (QED) is 0.676. The number of ether oxygens (including phenoxy) is 2. The zero-order chi connectivity index (χ0) is 19.7. The van der Waals surface area contributed by atoms with Gasteiger partial charge >= 0.3 is 6.09 Å². The van der Waals surface area contributed by atoms with E-state index in [9.17, 15) is 4.79 Å². The molecule has 27 heavy (non-hydrogen) atoms. The van der Waals surface area contributed by atoms with Crippen molar-refractivity contribution in [2.24, 2.45) is 0 Å². The van der Waals surface area contributed by atoms with E-state index in [2.05, 4.69) is 11.9 Å². The largest absolute Gasteiger partial charge is 0.444 e. The molecule has 0 aliphatic rings. The average molecular weight is 367 g/mol. The third kappa shape index (κ3) is 7.67. The fourth-order valence-electron chi connectivity index (χ4n) is 2.69. The van der Waals surface area contributed by atoms with Crippen molar-refractivity contribution >= 4 is 6.09 Å². The molecule has 4 heteroatoms. The number of nitrogens with one attached hydrogen (secondary N) is 1. The van der Waals surface area contributed by atoms with Crippen LogP contribution in [0.3, 0.4) is 0 Å². The summed E-state index contributed by atoms with van der Waals surface area (Å²) in [4.78, 5) is 12.3. The summed E-state index contributed by atoms with van der Waals surface area (Å²) < 4.78 is 11.5. The fraction of sp³-hybridized carbons (Fsp3) is 0.348. The summed E-state index contributed by atoms with van der Waals surface area (Å²) in [5.74, 6) is 0. The maximum Gasteiger partial charge on any atom is 0.407 e. The van der Waals surface area contributed by atoms with Gasteiger partial charge in [0, 0.05) is 0 Å². The highest BCUT2D eigenvalue weighted by Crippen LogP contribution is 2.14. The van der Waals surface area contributed by atoms with E-state index in [1.54, 1.807) is 6.08 Å². The van der Waals surface area contributed by atoms with Crippen LogP contribution in [0.4, 0.5) is 4.79 Å². The highest BCUT2D eigenvalue weighted by molar-refractivity contribution is 5.68. The monoisotopic (exact) mass is 367 g/mol. The summed E-state index contributed by atoms with van der Waals surface area (Å²) in [6, 6.07) is 19.6. The number of carbonyl (C=O) groups is 1. The molecule has 0 fully saturated rings. The smallest absolute Gasteiger partial charge is 0.407 e. The lowest BCUT2D eigenvalue weighted by molar-refractivity contribution is 0.0265. The van der Waals surface area contributed by atoms with Crippen LogP contribution in [0.2, 0.25) is 0 Å². The van der Waals surface area contributed by atoms with E-state index in [4.69, 9.17) is 9.47 Å². The van der Waals surface area contributed by atoms with Crippen molar-refractivity contribution in [2.45, 2.75) is 51.5 Å². The van der Waals surface area contributed by atoms with Gasteiger partial charge in [0.25, 0.3) is 0 Å². The van der Waals surface area contributed by atoms with Gasteiger partial charge in [-0.25, -0.2) is 4.79 Å². The van der Waals surface area contributed by atoms with Crippen molar-refractivity contribution in [1.82, 2.24) is 5.32 Å². The molecular formula is C23H29NO3. The number of alkyl carbamates (subject to hydrolysis) is 1. The summed E-state index contributed by atoms with van der Waals surface area (Å²) >= 11 is 0. The van der Waals surface area contributed by atoms with E-state index in [0.29, 0.717) is 13.0 Å². The Bertz CT molecular complexity index is 707. The first-order chi connectivity index (χ1) is 12.9. The van der Waals surface area contributed by atoms with Crippen LogP contribution in [0.15, 0.2) is 73.3 Å². The van der Waals surface area contributed by atoms with Gasteiger partial charge in [-0.05, 0) is 38.3 Å². The van der Waals surface area contributed by atoms with E-state index < -0.39 is 11.7 Å². The van der Waals surface area contributed by atoms with Crippen LogP contribution in [0.25, 0.3) is 0 Å². The van der Waals surface area contributed by atoms with Crippen molar-refractivity contribution in [3.63, 3.8) is 0 Å². The summed E-state index contributed by atoms with van der Waals surface area (Å²) in [7, 11) is 0. The number of amides is 1. The van der Waals surface area contributed by atoms with E-state index in [0.717, 1.165) is 11.1 Å². The topological polar surface area (TPSA) is 47.6 Å². The Balaban J connectivity index is 2.10. The van der Waals surface area contributed by atoms with Gasteiger partial charge < -0.3 is 14.8 Å². The lowest BCUT2D eigenvalue weighted by Gasteiger charge is -2.28. The molecule has 0 unspecified atom stereocenters. The summed E-state index contributed by atoms with van der Waals surface area (Å²) in [6.45, 7) is 9.87. The van der Waals surface area contributed by atoms with Gasteiger partial charge in [-0.15, -0.1) is 6.58 Å². The van der Waals surface area contributed by atoms with Crippen LogP contribution < -0.4 is 5.32 Å². The minimum Gasteiger partial charge on any atom is -0.444 e. The molecule has 1 amide bonds. The second kappa shape index (κ2) is 9.93. The van der Waals surface area contributed by atoms with E-state index >= 15 is 0 Å². The molecule has 2 atom stereocenters. The van der Waals surface area contributed by atoms with E-state index in [-0.39, 0.29) is 12.1 Å². The molecule has 1 N–H and O–H groups in total. The standard InChI is InChI=1S/C23H29NO3/c1-5-21(26-17-19-14-10-7-11-15-19)20(16-18-12-8-6-9-13-18)24-22(25)27-23(2,3)4/h5-15,20-21H,1,16-17H2,2-4H3,(H,24,25)/t20-,21-/m0/s1. The maximum atomic E-state index is 12.3. The van der Waals surface area contributed by atoms with Crippen LogP contribution in [-0.4, -0.2) is 23.8 Å². The molecule has 0 saturated heterocycles. The minimum atomic E-state index is -0.560. The highest BCUT2D eigenvalue weighted by atomic mass is 16.6. The highest BCUT2D eigenvalue weighted by Gasteiger charge is 2.25. The van der Waals surface area contributed by atoms with Gasteiger partial charge in [-0.2, -0.15) is 0 Å². The van der Waals surface area contributed by atoms with Crippen LogP contribution in [-0.2, 0) is 22.5 Å². The zero-order valence-corrected chi connectivity index (χ0v) is 16.4. The van der Waals surface area contributed by atoms with Gasteiger partial charge in [-0.3, -0.25) is 0 Å². The number of benzene rings is 2. The molecule has 4 nitrogen and oxygen atoms in total. The summed E-state index contributed by atoms with van der Waals surface area (Å²) in [5.41, 5.74) is 1.62. The first-order valence-corrected chi connectivity index (χ1v) is 9.19.